The van der Waals surface area contributed by atoms with Gasteiger partial charge in [0.2, 0.25) is 0 Å². The van der Waals surface area contributed by atoms with E-state index < -0.39 is 11.7 Å². The standard InChI is InChI=1S/C15H12BrF3O/c16-9-12-6-7-13(15(17,18)19)14(8-12)20-10-11-4-2-1-3-5-11/h1-8H,9-10H2. The van der Waals surface area contributed by atoms with Crippen LogP contribution in [0.25, 0.3) is 0 Å². The number of ether oxygens (including phenoxy) is 1. The quantitative estimate of drug-likeness (QED) is 0.694. The molecule has 0 fully saturated rings. The lowest BCUT2D eigenvalue weighted by molar-refractivity contribution is -0.139. The molecular formula is C15H12BrF3O. The molecule has 0 saturated carbocycles. The van der Waals surface area contributed by atoms with Gasteiger partial charge in [-0.3, -0.25) is 0 Å². The number of hydrogen-bond acceptors (Lipinski definition) is 1. The molecule has 106 valence electrons. The molecule has 1 nitrogen and oxygen atoms in total. The van der Waals surface area contributed by atoms with Crippen molar-refractivity contribution in [2.75, 3.05) is 0 Å². The Bertz CT molecular complexity index is 567. The monoisotopic (exact) mass is 344 g/mol. The molecule has 5 heteroatoms. The number of alkyl halides is 4. The zero-order valence-corrected chi connectivity index (χ0v) is 12.0. The van der Waals surface area contributed by atoms with Crippen LogP contribution in [-0.4, -0.2) is 0 Å². The van der Waals surface area contributed by atoms with Crippen LogP contribution in [0.5, 0.6) is 5.75 Å². The van der Waals surface area contributed by atoms with Crippen molar-refractivity contribution in [3.8, 4) is 5.75 Å². The van der Waals surface area contributed by atoms with Crippen molar-refractivity contribution in [2.45, 2.75) is 18.1 Å². The van der Waals surface area contributed by atoms with Crippen LogP contribution in [0.1, 0.15) is 16.7 Å². The molecule has 0 atom stereocenters. The second-order valence-corrected chi connectivity index (χ2v) is 4.80. The summed E-state index contributed by atoms with van der Waals surface area (Å²) in [5.41, 5.74) is 0.809. The summed E-state index contributed by atoms with van der Waals surface area (Å²) < 4.78 is 44.1. The van der Waals surface area contributed by atoms with Gasteiger partial charge in [0.25, 0.3) is 0 Å². The van der Waals surface area contributed by atoms with Crippen LogP contribution in [0.15, 0.2) is 48.5 Å². The van der Waals surface area contributed by atoms with Gasteiger partial charge in [0.1, 0.15) is 12.4 Å². The average Bonchev–Trinajstić information content (AvgIpc) is 2.45. The molecular weight excluding hydrogens is 333 g/mol. The fourth-order valence-corrected chi connectivity index (χ4v) is 2.09. The molecule has 2 rings (SSSR count). The Morgan fingerprint density at radius 3 is 2.25 bits per heavy atom. The minimum atomic E-state index is -4.42. The topological polar surface area (TPSA) is 9.23 Å². The Morgan fingerprint density at radius 1 is 0.950 bits per heavy atom. The van der Waals surface area contributed by atoms with E-state index in [9.17, 15) is 13.2 Å². The van der Waals surface area contributed by atoms with Crippen molar-refractivity contribution in [1.29, 1.82) is 0 Å². The highest BCUT2D eigenvalue weighted by molar-refractivity contribution is 9.08. The van der Waals surface area contributed by atoms with Crippen molar-refractivity contribution in [3.63, 3.8) is 0 Å². The van der Waals surface area contributed by atoms with Crippen LogP contribution in [0.4, 0.5) is 13.2 Å². The average molecular weight is 345 g/mol. The first kappa shape index (κ1) is 14.9. The van der Waals surface area contributed by atoms with Gasteiger partial charge in [-0.05, 0) is 23.3 Å². The highest BCUT2D eigenvalue weighted by Crippen LogP contribution is 2.37. The van der Waals surface area contributed by atoms with E-state index in [0.29, 0.717) is 5.33 Å². The van der Waals surface area contributed by atoms with E-state index in [1.165, 1.54) is 12.1 Å². The molecule has 0 saturated heterocycles. The number of rotatable bonds is 4. The van der Waals surface area contributed by atoms with Gasteiger partial charge in [0.15, 0.2) is 0 Å². The van der Waals surface area contributed by atoms with E-state index in [-0.39, 0.29) is 12.4 Å². The molecule has 0 heterocycles. The highest BCUT2D eigenvalue weighted by Gasteiger charge is 2.34. The fourth-order valence-electron chi connectivity index (χ4n) is 1.74. The molecule has 0 unspecified atom stereocenters. The largest absolute Gasteiger partial charge is 0.488 e. The van der Waals surface area contributed by atoms with E-state index in [1.807, 2.05) is 30.3 Å². The number of benzene rings is 2. The molecule has 2 aromatic carbocycles. The van der Waals surface area contributed by atoms with E-state index in [4.69, 9.17) is 4.74 Å². The first-order valence-electron chi connectivity index (χ1n) is 5.93. The van der Waals surface area contributed by atoms with Gasteiger partial charge in [-0.1, -0.05) is 52.3 Å². The molecule has 0 spiro atoms. The van der Waals surface area contributed by atoms with Crippen molar-refractivity contribution in [1.82, 2.24) is 0 Å². The van der Waals surface area contributed by atoms with Crippen LogP contribution in [0.2, 0.25) is 0 Å². The van der Waals surface area contributed by atoms with Gasteiger partial charge in [-0.25, -0.2) is 0 Å². The first-order valence-corrected chi connectivity index (χ1v) is 7.05. The maximum absolute atomic E-state index is 12.9. The molecule has 2 aromatic rings. The Balaban J connectivity index is 2.24. The fraction of sp³-hybridized carbons (Fsp3) is 0.200. The lowest BCUT2D eigenvalue weighted by atomic mass is 10.1. The van der Waals surface area contributed by atoms with E-state index in [1.54, 1.807) is 0 Å². The second-order valence-electron chi connectivity index (χ2n) is 4.24. The lowest BCUT2D eigenvalue weighted by Crippen LogP contribution is -2.09. The van der Waals surface area contributed by atoms with E-state index in [0.717, 1.165) is 17.2 Å². The van der Waals surface area contributed by atoms with Gasteiger partial charge in [-0.2, -0.15) is 13.2 Å². The minimum absolute atomic E-state index is 0.107. The van der Waals surface area contributed by atoms with Crippen LogP contribution < -0.4 is 4.74 Å². The summed E-state index contributed by atoms with van der Waals surface area (Å²) >= 11 is 3.23. The summed E-state index contributed by atoms with van der Waals surface area (Å²) in [6.45, 7) is 0.107. The van der Waals surface area contributed by atoms with E-state index in [2.05, 4.69) is 15.9 Å². The van der Waals surface area contributed by atoms with Crippen molar-refractivity contribution in [3.05, 3.63) is 65.2 Å². The smallest absolute Gasteiger partial charge is 0.419 e. The highest BCUT2D eigenvalue weighted by atomic mass is 79.9. The zero-order valence-electron chi connectivity index (χ0n) is 10.5. The molecule has 0 N–H and O–H groups in total. The van der Waals surface area contributed by atoms with Crippen molar-refractivity contribution < 1.29 is 17.9 Å². The Hall–Kier alpha value is -1.49. The summed E-state index contributed by atoms with van der Waals surface area (Å²) in [5.74, 6) is -0.140. The van der Waals surface area contributed by atoms with Crippen molar-refractivity contribution >= 4 is 15.9 Å². The molecule has 0 bridgehead atoms. The molecule has 0 radical (unpaired) electrons. The third-order valence-electron chi connectivity index (χ3n) is 2.74. The van der Waals surface area contributed by atoms with Gasteiger partial charge >= 0.3 is 6.18 Å². The first-order chi connectivity index (χ1) is 9.50. The number of hydrogen-bond donors (Lipinski definition) is 0. The van der Waals surface area contributed by atoms with Gasteiger partial charge in [0.05, 0.1) is 5.56 Å². The SMILES string of the molecule is FC(F)(F)c1ccc(CBr)cc1OCc1ccccc1. The third-order valence-corrected chi connectivity index (χ3v) is 3.39. The predicted octanol–water partition coefficient (Wildman–Crippen LogP) is 5.18. The molecule has 20 heavy (non-hydrogen) atoms. The normalized spacial score (nSPS) is 11.4. The van der Waals surface area contributed by atoms with Crippen LogP contribution >= 0.6 is 15.9 Å². The van der Waals surface area contributed by atoms with E-state index >= 15 is 0 Å². The maximum atomic E-state index is 12.9. The molecule has 0 aromatic heterocycles. The summed E-state index contributed by atoms with van der Waals surface area (Å²) in [7, 11) is 0. The Labute approximate surface area is 123 Å². The molecule has 0 amide bonds. The van der Waals surface area contributed by atoms with Gasteiger partial charge in [-0.15, -0.1) is 0 Å². The van der Waals surface area contributed by atoms with Crippen LogP contribution in [-0.2, 0) is 18.1 Å². The molecule has 0 aliphatic carbocycles. The Morgan fingerprint density at radius 2 is 1.65 bits per heavy atom. The number of halogens is 4. The van der Waals surface area contributed by atoms with Crippen LogP contribution in [0, 0.1) is 0 Å². The summed E-state index contributed by atoms with van der Waals surface area (Å²) in [6.07, 6.45) is -4.42. The minimum Gasteiger partial charge on any atom is -0.488 e. The van der Waals surface area contributed by atoms with Gasteiger partial charge < -0.3 is 4.74 Å². The lowest BCUT2D eigenvalue weighted by Gasteiger charge is -2.15. The summed E-state index contributed by atoms with van der Waals surface area (Å²) in [6, 6.07) is 13.0. The van der Waals surface area contributed by atoms with Crippen molar-refractivity contribution in [2.24, 2.45) is 0 Å². The van der Waals surface area contributed by atoms with Crippen LogP contribution in [0.3, 0.4) is 0 Å². The second kappa shape index (κ2) is 6.31. The zero-order chi connectivity index (χ0) is 14.6. The van der Waals surface area contributed by atoms with Gasteiger partial charge in [0, 0.05) is 5.33 Å². The summed E-state index contributed by atoms with van der Waals surface area (Å²) in [5, 5.41) is 0.479. The predicted molar refractivity (Wildman–Crippen MR) is 74.8 cm³/mol. The third kappa shape index (κ3) is 3.76. The molecule has 0 aliphatic heterocycles. The maximum Gasteiger partial charge on any atom is 0.419 e. The Kier molecular flexibility index (Phi) is 4.70. The molecule has 0 aliphatic rings. The summed E-state index contributed by atoms with van der Waals surface area (Å²) in [4.78, 5) is 0.